The molecule has 3 nitrogen and oxygen atoms in total. The molecule has 0 saturated carbocycles. The Kier molecular flexibility index (Phi) is 4.68. The summed E-state index contributed by atoms with van der Waals surface area (Å²) in [6, 6.07) is 2.97. The molecule has 0 bridgehead atoms. The topological polar surface area (TPSA) is 46.2 Å². The Hall–Kier alpha value is -1.01. The highest BCUT2D eigenvalue weighted by atomic mass is 32.2. The lowest BCUT2D eigenvalue weighted by Crippen LogP contribution is -2.45. The van der Waals surface area contributed by atoms with Gasteiger partial charge >= 0.3 is 0 Å². The van der Waals surface area contributed by atoms with Gasteiger partial charge in [0.2, 0.25) is 0 Å². The Balaban J connectivity index is 3.41. The van der Waals surface area contributed by atoms with Gasteiger partial charge < -0.3 is 5.32 Å². The highest BCUT2D eigenvalue weighted by Gasteiger charge is 2.41. The third-order valence-electron chi connectivity index (χ3n) is 3.35. The van der Waals surface area contributed by atoms with Gasteiger partial charge in [-0.1, -0.05) is 19.1 Å². The van der Waals surface area contributed by atoms with Crippen molar-refractivity contribution in [2.24, 2.45) is 0 Å². The van der Waals surface area contributed by atoms with Crippen molar-refractivity contribution in [1.82, 2.24) is 5.32 Å². The lowest BCUT2D eigenvalue weighted by Gasteiger charge is -2.33. The second-order valence-corrected chi connectivity index (χ2v) is 7.61. The molecule has 1 unspecified atom stereocenters. The molecule has 0 saturated heterocycles. The first-order valence-electron chi connectivity index (χ1n) is 5.99. The van der Waals surface area contributed by atoms with Crippen LogP contribution in [0, 0.1) is 11.6 Å². The highest BCUT2D eigenvalue weighted by Crippen LogP contribution is 2.34. The van der Waals surface area contributed by atoms with Crippen LogP contribution < -0.4 is 5.32 Å². The summed E-state index contributed by atoms with van der Waals surface area (Å²) in [5.74, 6) is -1.99. The van der Waals surface area contributed by atoms with Crippen LogP contribution in [-0.4, -0.2) is 26.0 Å². The summed E-state index contributed by atoms with van der Waals surface area (Å²) < 4.78 is 49.7. The number of hydrogen-bond acceptors (Lipinski definition) is 3. The van der Waals surface area contributed by atoms with Gasteiger partial charge in [0.05, 0.1) is 10.8 Å². The van der Waals surface area contributed by atoms with Crippen LogP contribution in [0.1, 0.15) is 32.4 Å². The van der Waals surface area contributed by atoms with E-state index in [1.807, 2.05) is 0 Å². The fourth-order valence-electron chi connectivity index (χ4n) is 1.89. The van der Waals surface area contributed by atoms with Crippen LogP contribution in [0.5, 0.6) is 0 Å². The largest absolute Gasteiger partial charge is 0.309 e. The Bertz CT molecular complexity index is 556. The molecule has 1 aromatic rings. The summed E-state index contributed by atoms with van der Waals surface area (Å²) in [4.78, 5) is 0. The standard InChI is InChI=1S/C13H19F2NO2S/c1-5-16-12(13(2,3)19(4,17)18)9-7-6-8-10(14)11(9)15/h6-8,12,16H,5H2,1-4H3. The van der Waals surface area contributed by atoms with E-state index in [0.717, 1.165) is 12.3 Å². The molecule has 0 amide bonds. The van der Waals surface area contributed by atoms with Gasteiger partial charge in [0.25, 0.3) is 0 Å². The van der Waals surface area contributed by atoms with Crippen molar-refractivity contribution in [2.75, 3.05) is 12.8 Å². The second-order valence-electron chi connectivity index (χ2n) is 5.01. The fourth-order valence-corrected chi connectivity index (χ4v) is 2.53. The Morgan fingerprint density at radius 1 is 1.32 bits per heavy atom. The van der Waals surface area contributed by atoms with Gasteiger partial charge in [-0.15, -0.1) is 0 Å². The predicted octanol–water partition coefficient (Wildman–Crippen LogP) is 2.44. The van der Waals surface area contributed by atoms with Crippen LogP contribution in [0.15, 0.2) is 18.2 Å². The molecule has 0 aromatic heterocycles. The zero-order chi connectivity index (χ0) is 14.8. The van der Waals surface area contributed by atoms with Crippen molar-refractivity contribution in [3.8, 4) is 0 Å². The van der Waals surface area contributed by atoms with Gasteiger partial charge in [-0.05, 0) is 26.5 Å². The van der Waals surface area contributed by atoms with E-state index in [9.17, 15) is 17.2 Å². The van der Waals surface area contributed by atoms with Crippen molar-refractivity contribution in [2.45, 2.75) is 31.6 Å². The number of halogens is 2. The maximum Gasteiger partial charge on any atom is 0.163 e. The lowest BCUT2D eigenvalue weighted by atomic mass is 9.94. The number of sulfone groups is 1. The van der Waals surface area contributed by atoms with Crippen LogP contribution >= 0.6 is 0 Å². The predicted molar refractivity (Wildman–Crippen MR) is 71.7 cm³/mol. The smallest absolute Gasteiger partial charge is 0.163 e. The third kappa shape index (κ3) is 3.12. The molecule has 19 heavy (non-hydrogen) atoms. The van der Waals surface area contributed by atoms with E-state index in [4.69, 9.17) is 0 Å². The zero-order valence-electron chi connectivity index (χ0n) is 11.5. The molecular formula is C13H19F2NO2S. The van der Waals surface area contributed by atoms with Crippen LogP contribution in [0.3, 0.4) is 0 Å². The summed E-state index contributed by atoms with van der Waals surface area (Å²) in [7, 11) is -3.45. The van der Waals surface area contributed by atoms with E-state index < -0.39 is 32.3 Å². The first kappa shape index (κ1) is 16.0. The number of nitrogens with one attached hydrogen (secondary N) is 1. The quantitative estimate of drug-likeness (QED) is 0.906. The Morgan fingerprint density at radius 3 is 2.37 bits per heavy atom. The maximum absolute atomic E-state index is 13.9. The first-order valence-corrected chi connectivity index (χ1v) is 7.89. The van der Waals surface area contributed by atoms with E-state index in [2.05, 4.69) is 5.32 Å². The third-order valence-corrected chi connectivity index (χ3v) is 5.50. The van der Waals surface area contributed by atoms with Gasteiger partial charge in [0.15, 0.2) is 21.5 Å². The minimum atomic E-state index is -3.45. The summed E-state index contributed by atoms with van der Waals surface area (Å²) >= 11 is 0. The summed E-state index contributed by atoms with van der Waals surface area (Å²) in [6.07, 6.45) is 1.09. The van der Waals surface area contributed by atoms with E-state index >= 15 is 0 Å². The molecule has 0 aliphatic carbocycles. The van der Waals surface area contributed by atoms with Gasteiger partial charge in [0.1, 0.15) is 0 Å². The lowest BCUT2D eigenvalue weighted by molar-refractivity contribution is 0.402. The SMILES string of the molecule is CCNC(c1cccc(F)c1F)C(C)(C)S(C)(=O)=O. The van der Waals surface area contributed by atoms with Crippen LogP contribution in [-0.2, 0) is 9.84 Å². The summed E-state index contributed by atoms with van der Waals surface area (Å²) in [5.41, 5.74) is 0.0253. The minimum absolute atomic E-state index is 0.0253. The Morgan fingerprint density at radius 2 is 1.89 bits per heavy atom. The van der Waals surface area contributed by atoms with Crippen LogP contribution in [0.25, 0.3) is 0 Å². The number of hydrogen-bond donors (Lipinski definition) is 1. The molecule has 6 heteroatoms. The normalized spacial score (nSPS) is 14.4. The van der Waals surface area contributed by atoms with E-state index in [1.54, 1.807) is 6.92 Å². The van der Waals surface area contributed by atoms with Gasteiger partial charge in [0, 0.05) is 11.8 Å². The zero-order valence-corrected chi connectivity index (χ0v) is 12.3. The van der Waals surface area contributed by atoms with E-state index in [-0.39, 0.29) is 5.56 Å². The van der Waals surface area contributed by atoms with Gasteiger partial charge in [-0.2, -0.15) is 0 Å². The van der Waals surface area contributed by atoms with E-state index in [0.29, 0.717) is 6.54 Å². The molecular weight excluding hydrogens is 272 g/mol. The monoisotopic (exact) mass is 291 g/mol. The maximum atomic E-state index is 13.9. The Labute approximate surface area is 112 Å². The van der Waals surface area contributed by atoms with Gasteiger partial charge in [-0.3, -0.25) is 0 Å². The van der Waals surface area contributed by atoms with Crippen molar-refractivity contribution in [3.05, 3.63) is 35.4 Å². The molecule has 0 aliphatic heterocycles. The molecule has 1 N–H and O–H groups in total. The molecule has 0 fully saturated rings. The summed E-state index contributed by atoms with van der Waals surface area (Å²) in [6.45, 7) is 5.22. The van der Waals surface area contributed by atoms with E-state index in [1.165, 1.54) is 26.0 Å². The van der Waals surface area contributed by atoms with Crippen LogP contribution in [0.4, 0.5) is 8.78 Å². The molecule has 1 atom stereocenters. The minimum Gasteiger partial charge on any atom is -0.309 e. The summed E-state index contributed by atoms with van der Waals surface area (Å²) in [5, 5.41) is 2.93. The first-order chi connectivity index (χ1) is 8.63. The average Bonchev–Trinajstić information content (AvgIpc) is 2.28. The molecule has 0 spiro atoms. The van der Waals surface area contributed by atoms with Crippen molar-refractivity contribution < 1.29 is 17.2 Å². The highest BCUT2D eigenvalue weighted by molar-refractivity contribution is 7.92. The van der Waals surface area contributed by atoms with Gasteiger partial charge in [-0.25, -0.2) is 17.2 Å². The molecule has 108 valence electrons. The molecule has 0 radical (unpaired) electrons. The molecule has 0 aliphatic rings. The second kappa shape index (κ2) is 5.54. The van der Waals surface area contributed by atoms with Crippen molar-refractivity contribution in [1.29, 1.82) is 0 Å². The van der Waals surface area contributed by atoms with Crippen LogP contribution in [0.2, 0.25) is 0 Å². The average molecular weight is 291 g/mol. The fraction of sp³-hybridized carbons (Fsp3) is 0.538. The molecule has 1 aromatic carbocycles. The molecule has 0 heterocycles. The molecule has 1 rings (SSSR count). The number of benzene rings is 1. The van der Waals surface area contributed by atoms with Crippen molar-refractivity contribution >= 4 is 9.84 Å². The van der Waals surface area contributed by atoms with Crippen molar-refractivity contribution in [3.63, 3.8) is 0 Å². The number of rotatable bonds is 5.